The van der Waals surface area contributed by atoms with Gasteiger partial charge in [0, 0.05) is 0 Å². The van der Waals surface area contributed by atoms with Crippen LogP contribution in [0, 0.1) is 10.5 Å². The SMILES string of the molecule is N=O.O=C(O)O.[H-].[H-].[Sr+2]. The Morgan fingerprint density at radius 2 is 1.43 bits per heavy atom. The van der Waals surface area contributed by atoms with Crippen molar-refractivity contribution in [1.82, 2.24) is 0 Å². The van der Waals surface area contributed by atoms with Gasteiger partial charge in [-0.1, -0.05) is 5.59 Å². The maximum atomic E-state index is 8.56. The number of rotatable bonds is 0. The third kappa shape index (κ3) is 978. The molecule has 5 nitrogen and oxygen atoms in total. The Morgan fingerprint density at radius 1 is 1.43 bits per heavy atom. The first-order chi connectivity index (χ1) is 2.73. The van der Waals surface area contributed by atoms with Crippen LogP contribution in [0.2, 0.25) is 0 Å². The second kappa shape index (κ2) is 16.2. The molecule has 0 radical (unpaired) electrons. The molecule has 0 saturated heterocycles. The van der Waals surface area contributed by atoms with Gasteiger partial charge in [-0.05, 0) is 0 Å². The van der Waals surface area contributed by atoms with Crippen LogP contribution in [0.5, 0.6) is 0 Å². The fourth-order valence-electron chi connectivity index (χ4n) is 0. The quantitative estimate of drug-likeness (QED) is 0.373. The van der Waals surface area contributed by atoms with Gasteiger partial charge in [-0.25, -0.2) is 4.79 Å². The predicted octanol–water partition coefficient (Wildman–Crippen LogP) is 0.398. The van der Waals surface area contributed by atoms with Gasteiger partial charge < -0.3 is 13.1 Å². The van der Waals surface area contributed by atoms with Crippen molar-refractivity contribution in [3.63, 3.8) is 0 Å². The molecule has 0 aliphatic carbocycles. The number of hydrogen-bond donors (Lipinski definition) is 3. The molecule has 6 heteroatoms. The van der Waals surface area contributed by atoms with E-state index in [1.165, 1.54) is 0 Å². The fourth-order valence-corrected chi connectivity index (χ4v) is 0. The molecule has 0 fully saturated rings. The smallest absolute Gasteiger partial charge is 1.00 e. The monoisotopic (exact) mass is 183 g/mol. The molecule has 0 bridgehead atoms. The number of carbonyl (C=O) groups is 1. The van der Waals surface area contributed by atoms with Crippen LogP contribution in [0.3, 0.4) is 0 Å². The van der Waals surface area contributed by atoms with Crippen molar-refractivity contribution in [2.45, 2.75) is 0 Å². The van der Waals surface area contributed by atoms with Crippen LogP contribution in [-0.2, 0) is 0 Å². The maximum Gasteiger partial charge on any atom is 2.00 e. The zero-order valence-electron chi connectivity index (χ0n) is 5.42. The maximum absolute atomic E-state index is 8.56. The van der Waals surface area contributed by atoms with Gasteiger partial charge in [-0.3, -0.25) is 0 Å². The van der Waals surface area contributed by atoms with Crippen molar-refractivity contribution >= 4 is 51.6 Å². The van der Waals surface area contributed by atoms with E-state index in [1.807, 2.05) is 0 Å². The summed E-state index contributed by atoms with van der Waals surface area (Å²) in [5, 5.41) is 13.9. The summed E-state index contributed by atoms with van der Waals surface area (Å²) in [6.45, 7) is 0. The van der Waals surface area contributed by atoms with E-state index in [2.05, 4.69) is 5.59 Å². The summed E-state index contributed by atoms with van der Waals surface area (Å²) < 4.78 is 0. The predicted molar refractivity (Wildman–Crippen MR) is 24.7 cm³/mol. The molecule has 0 aromatic carbocycles. The summed E-state index contributed by atoms with van der Waals surface area (Å²) in [5.41, 5.74) is 4.50. The third-order valence-electron chi connectivity index (χ3n) is 0. The normalized spacial score (nSPS) is 4.00. The summed E-state index contributed by atoms with van der Waals surface area (Å²) in [5.74, 6) is 0. The summed E-state index contributed by atoms with van der Waals surface area (Å²) in [7, 11) is 0. The molecule has 0 aromatic rings. The fraction of sp³-hybridized carbons (Fsp3) is 0. The average Bonchev–Trinajstić information content (AvgIpc) is 1.41. The molecule has 0 aliphatic heterocycles. The van der Waals surface area contributed by atoms with E-state index in [4.69, 9.17) is 19.9 Å². The van der Waals surface area contributed by atoms with E-state index >= 15 is 0 Å². The molecule has 40 valence electrons. The standard InChI is InChI=1S/CH2O3.HNO.Sr.2H/c2-1(3)4;1-2;;;/h(H2,2,3,4);1H;;;/q;;+2;2*-1. The van der Waals surface area contributed by atoms with Gasteiger partial charge in [-0.2, -0.15) is 4.91 Å². The average molecular weight is 183 g/mol. The number of carboxylic acid groups (broad SMARTS) is 2. The molecule has 0 unspecified atom stereocenters. The zero-order chi connectivity index (χ0) is 5.58. The molecule has 0 atom stereocenters. The van der Waals surface area contributed by atoms with Crippen LogP contribution < -0.4 is 0 Å². The van der Waals surface area contributed by atoms with Gasteiger partial charge in [0.25, 0.3) is 0 Å². The Balaban J connectivity index is -0.00000000990. The first-order valence-corrected chi connectivity index (χ1v) is 0.855. The van der Waals surface area contributed by atoms with Gasteiger partial charge in [0.1, 0.15) is 0 Å². The Labute approximate surface area is 79.3 Å². The van der Waals surface area contributed by atoms with Crippen LogP contribution in [0.4, 0.5) is 4.79 Å². The van der Waals surface area contributed by atoms with Crippen molar-refractivity contribution < 1.29 is 17.9 Å². The van der Waals surface area contributed by atoms with Crippen LogP contribution in [0.1, 0.15) is 2.85 Å². The molecule has 0 heterocycles. The number of nitrogens with one attached hydrogen (secondary N) is 1. The van der Waals surface area contributed by atoms with E-state index in [0.717, 1.165) is 0 Å². The minimum Gasteiger partial charge on any atom is -1.00 e. The van der Waals surface area contributed by atoms with Crippen LogP contribution in [-0.4, -0.2) is 61.9 Å². The molecular formula is CH5NO4Sr. The Morgan fingerprint density at radius 3 is 1.43 bits per heavy atom. The first-order valence-electron chi connectivity index (χ1n) is 0.855. The van der Waals surface area contributed by atoms with Crippen molar-refractivity contribution in [2.24, 2.45) is 0 Å². The second-order valence-corrected chi connectivity index (χ2v) is 0.283. The molecule has 0 aromatic heterocycles. The van der Waals surface area contributed by atoms with Crippen molar-refractivity contribution in [3.05, 3.63) is 4.91 Å². The zero-order valence-corrected chi connectivity index (χ0v) is 6.89. The van der Waals surface area contributed by atoms with Gasteiger partial charge in [-0.15, -0.1) is 0 Å². The molecule has 0 amide bonds. The summed E-state index contributed by atoms with van der Waals surface area (Å²) in [6, 6.07) is 0. The van der Waals surface area contributed by atoms with Crippen LogP contribution >= 0.6 is 0 Å². The van der Waals surface area contributed by atoms with Gasteiger partial charge in [0.15, 0.2) is 0 Å². The van der Waals surface area contributed by atoms with Crippen molar-refractivity contribution in [1.29, 1.82) is 5.59 Å². The molecule has 7 heavy (non-hydrogen) atoms. The molecular weight excluding hydrogens is 178 g/mol. The van der Waals surface area contributed by atoms with E-state index in [-0.39, 0.29) is 48.3 Å². The molecule has 3 N–H and O–H groups in total. The van der Waals surface area contributed by atoms with Crippen molar-refractivity contribution in [2.75, 3.05) is 0 Å². The topological polar surface area (TPSA) is 98.5 Å². The van der Waals surface area contributed by atoms with Gasteiger partial charge in [0.05, 0.1) is 0 Å². The second-order valence-electron chi connectivity index (χ2n) is 0.283. The van der Waals surface area contributed by atoms with Crippen LogP contribution in [0.25, 0.3) is 0 Å². The molecule has 0 rings (SSSR count). The number of hydrogen-bond acceptors (Lipinski definition) is 3. The van der Waals surface area contributed by atoms with E-state index in [1.54, 1.807) is 0 Å². The summed E-state index contributed by atoms with van der Waals surface area (Å²) >= 11 is 0. The summed E-state index contributed by atoms with van der Waals surface area (Å²) in [4.78, 5) is 16.1. The number of nitroso groups, excluding NO2 is 1. The Bertz CT molecular complexity index is 49.8. The third-order valence-corrected chi connectivity index (χ3v) is 0. The Kier molecular flexibility index (Phi) is 36.2. The Hall–Kier alpha value is 0.351. The summed E-state index contributed by atoms with van der Waals surface area (Å²) in [6.07, 6.45) is -1.83. The van der Waals surface area contributed by atoms with Crippen LogP contribution in [0.15, 0.2) is 0 Å². The minimum atomic E-state index is -1.83. The molecule has 0 saturated carbocycles. The first kappa shape index (κ1) is 15.7. The largest absolute Gasteiger partial charge is 2.00 e. The van der Waals surface area contributed by atoms with Crippen molar-refractivity contribution in [3.8, 4) is 0 Å². The van der Waals surface area contributed by atoms with Gasteiger partial charge in [0.2, 0.25) is 0 Å². The van der Waals surface area contributed by atoms with E-state index in [0.29, 0.717) is 0 Å². The minimum absolute atomic E-state index is 0. The molecule has 0 spiro atoms. The van der Waals surface area contributed by atoms with Gasteiger partial charge >= 0.3 is 51.6 Å². The van der Waals surface area contributed by atoms with E-state index in [9.17, 15) is 0 Å². The molecule has 0 aliphatic rings. The van der Waals surface area contributed by atoms with E-state index < -0.39 is 6.16 Å².